The summed E-state index contributed by atoms with van der Waals surface area (Å²) >= 11 is 5.63. The van der Waals surface area contributed by atoms with E-state index in [1.54, 1.807) is 19.1 Å². The molecule has 0 unspecified atom stereocenters. The molecule has 0 aliphatic heterocycles. The number of hydrogen-bond acceptors (Lipinski definition) is 3. The molecule has 0 saturated heterocycles. The molecule has 0 bridgehead atoms. The molecule has 0 aromatic carbocycles. The second-order valence-corrected chi connectivity index (χ2v) is 4.10. The number of H-pyrrole nitrogens is 1. The molecule has 2 aromatic rings. The Morgan fingerprint density at radius 2 is 2.22 bits per heavy atom. The zero-order valence-corrected chi connectivity index (χ0v) is 10.3. The Morgan fingerprint density at radius 3 is 2.83 bits per heavy atom. The first-order chi connectivity index (χ1) is 8.56. The third kappa shape index (κ3) is 2.75. The molecule has 2 rings (SSSR count). The number of amides is 1. The maximum Gasteiger partial charge on any atom is 0.261 e. The number of carbonyl (C=O) groups is 1. The van der Waals surface area contributed by atoms with E-state index >= 15 is 0 Å². The highest BCUT2D eigenvalue weighted by molar-refractivity contribution is 6.29. The SMILES string of the molecule is Cc1cc(=O)c(C(=O)Nc2ccc(Cl)nc2)c[nH]1. The Kier molecular flexibility index (Phi) is 3.43. The van der Waals surface area contributed by atoms with Crippen LogP contribution in [0, 0.1) is 6.92 Å². The number of carbonyl (C=O) groups excluding carboxylic acids is 1. The van der Waals surface area contributed by atoms with Crippen LogP contribution in [0.25, 0.3) is 0 Å². The number of pyridine rings is 2. The molecule has 5 nitrogen and oxygen atoms in total. The molecule has 0 spiro atoms. The largest absolute Gasteiger partial charge is 0.364 e. The van der Waals surface area contributed by atoms with E-state index in [-0.39, 0.29) is 11.0 Å². The lowest BCUT2D eigenvalue weighted by molar-refractivity contribution is 0.102. The Hall–Kier alpha value is -2.14. The van der Waals surface area contributed by atoms with Crippen molar-refractivity contribution < 1.29 is 4.79 Å². The van der Waals surface area contributed by atoms with Gasteiger partial charge in [0.1, 0.15) is 10.7 Å². The highest BCUT2D eigenvalue weighted by Gasteiger charge is 2.10. The fourth-order valence-electron chi connectivity index (χ4n) is 1.40. The lowest BCUT2D eigenvalue weighted by atomic mass is 10.2. The molecule has 18 heavy (non-hydrogen) atoms. The molecular formula is C12H10ClN3O2. The predicted molar refractivity (Wildman–Crippen MR) is 69.0 cm³/mol. The van der Waals surface area contributed by atoms with Crippen LogP contribution in [0.1, 0.15) is 16.1 Å². The van der Waals surface area contributed by atoms with Crippen molar-refractivity contribution in [3.05, 3.63) is 57.2 Å². The fourth-order valence-corrected chi connectivity index (χ4v) is 1.51. The molecule has 0 atom stereocenters. The van der Waals surface area contributed by atoms with E-state index in [2.05, 4.69) is 15.3 Å². The molecule has 0 saturated carbocycles. The van der Waals surface area contributed by atoms with Crippen LogP contribution in [-0.4, -0.2) is 15.9 Å². The van der Waals surface area contributed by atoms with Gasteiger partial charge in [0.2, 0.25) is 0 Å². The topological polar surface area (TPSA) is 74.8 Å². The molecule has 0 aliphatic carbocycles. The quantitative estimate of drug-likeness (QED) is 0.814. The summed E-state index contributed by atoms with van der Waals surface area (Å²) in [6.07, 6.45) is 2.80. The maximum absolute atomic E-state index is 11.8. The van der Waals surface area contributed by atoms with Gasteiger partial charge in [0, 0.05) is 18.0 Å². The zero-order chi connectivity index (χ0) is 13.1. The third-order valence-electron chi connectivity index (χ3n) is 2.29. The fraction of sp³-hybridized carbons (Fsp3) is 0.0833. The number of nitrogens with one attached hydrogen (secondary N) is 2. The summed E-state index contributed by atoms with van der Waals surface area (Å²) in [7, 11) is 0. The van der Waals surface area contributed by atoms with Crippen molar-refractivity contribution in [1.82, 2.24) is 9.97 Å². The number of anilines is 1. The average Bonchev–Trinajstić information content (AvgIpc) is 2.32. The molecule has 1 amide bonds. The Morgan fingerprint density at radius 1 is 1.44 bits per heavy atom. The van der Waals surface area contributed by atoms with E-state index in [9.17, 15) is 9.59 Å². The first-order valence-electron chi connectivity index (χ1n) is 5.18. The maximum atomic E-state index is 11.8. The number of hydrogen-bond donors (Lipinski definition) is 2. The number of aromatic nitrogens is 2. The second kappa shape index (κ2) is 5.01. The van der Waals surface area contributed by atoms with Crippen LogP contribution in [0.15, 0.2) is 35.4 Å². The predicted octanol–water partition coefficient (Wildman–Crippen LogP) is 1.98. The molecule has 2 heterocycles. The van der Waals surface area contributed by atoms with Gasteiger partial charge in [-0.2, -0.15) is 0 Å². The van der Waals surface area contributed by atoms with Crippen molar-refractivity contribution in [2.24, 2.45) is 0 Å². The lowest BCUT2D eigenvalue weighted by Crippen LogP contribution is -2.21. The summed E-state index contributed by atoms with van der Waals surface area (Å²) in [6, 6.07) is 4.53. The molecule has 0 fully saturated rings. The van der Waals surface area contributed by atoms with E-state index in [0.29, 0.717) is 16.5 Å². The third-order valence-corrected chi connectivity index (χ3v) is 2.51. The molecular weight excluding hydrogens is 254 g/mol. The Balaban J connectivity index is 2.22. The number of nitrogens with zero attached hydrogens (tertiary/aromatic N) is 1. The number of rotatable bonds is 2. The monoisotopic (exact) mass is 263 g/mol. The molecule has 6 heteroatoms. The van der Waals surface area contributed by atoms with E-state index < -0.39 is 5.91 Å². The minimum Gasteiger partial charge on any atom is -0.364 e. The summed E-state index contributed by atoms with van der Waals surface area (Å²) in [6.45, 7) is 1.74. The van der Waals surface area contributed by atoms with Crippen LogP contribution < -0.4 is 10.7 Å². The number of aryl methyl sites for hydroxylation is 1. The van der Waals surface area contributed by atoms with Gasteiger partial charge in [-0.1, -0.05) is 11.6 Å². The van der Waals surface area contributed by atoms with Gasteiger partial charge >= 0.3 is 0 Å². The van der Waals surface area contributed by atoms with Gasteiger partial charge in [0.25, 0.3) is 5.91 Å². The van der Waals surface area contributed by atoms with Crippen molar-refractivity contribution >= 4 is 23.2 Å². The standard InChI is InChI=1S/C12H10ClN3O2/c1-7-4-10(17)9(6-14-7)12(18)16-8-2-3-11(13)15-5-8/h2-6H,1H3,(H,14,17)(H,16,18). The smallest absolute Gasteiger partial charge is 0.261 e. The number of halogens is 1. The van der Waals surface area contributed by atoms with Crippen LogP contribution >= 0.6 is 11.6 Å². The van der Waals surface area contributed by atoms with E-state index in [1.165, 1.54) is 18.5 Å². The van der Waals surface area contributed by atoms with Crippen molar-refractivity contribution in [1.29, 1.82) is 0 Å². The van der Waals surface area contributed by atoms with E-state index in [4.69, 9.17) is 11.6 Å². The summed E-state index contributed by atoms with van der Waals surface area (Å²) in [4.78, 5) is 30.1. The molecule has 92 valence electrons. The minimum absolute atomic E-state index is 0.0514. The summed E-state index contributed by atoms with van der Waals surface area (Å²) < 4.78 is 0. The average molecular weight is 264 g/mol. The van der Waals surface area contributed by atoms with Gasteiger partial charge in [-0.15, -0.1) is 0 Å². The van der Waals surface area contributed by atoms with Gasteiger partial charge in [0.15, 0.2) is 5.43 Å². The van der Waals surface area contributed by atoms with Crippen LogP contribution in [0.4, 0.5) is 5.69 Å². The van der Waals surface area contributed by atoms with Crippen LogP contribution in [0.5, 0.6) is 0 Å². The molecule has 2 aromatic heterocycles. The first kappa shape index (κ1) is 12.3. The van der Waals surface area contributed by atoms with Crippen LogP contribution in [0.2, 0.25) is 5.15 Å². The van der Waals surface area contributed by atoms with Crippen molar-refractivity contribution in [2.45, 2.75) is 6.92 Å². The van der Waals surface area contributed by atoms with E-state index in [0.717, 1.165) is 0 Å². The highest BCUT2D eigenvalue weighted by Crippen LogP contribution is 2.10. The molecule has 0 radical (unpaired) electrons. The Labute approximate surface area is 108 Å². The summed E-state index contributed by atoms with van der Waals surface area (Å²) in [5.41, 5.74) is 0.898. The minimum atomic E-state index is -0.486. The molecule has 0 aliphatic rings. The normalized spacial score (nSPS) is 10.1. The molecule has 2 N–H and O–H groups in total. The van der Waals surface area contributed by atoms with Gasteiger partial charge in [-0.3, -0.25) is 9.59 Å². The zero-order valence-electron chi connectivity index (χ0n) is 9.53. The lowest BCUT2D eigenvalue weighted by Gasteiger charge is -2.04. The van der Waals surface area contributed by atoms with Gasteiger partial charge in [0.05, 0.1) is 11.9 Å². The number of aromatic amines is 1. The van der Waals surface area contributed by atoms with Gasteiger partial charge in [-0.05, 0) is 19.1 Å². The first-order valence-corrected chi connectivity index (χ1v) is 5.56. The van der Waals surface area contributed by atoms with E-state index in [1.807, 2.05) is 0 Å². The highest BCUT2D eigenvalue weighted by atomic mass is 35.5. The van der Waals surface area contributed by atoms with Crippen molar-refractivity contribution in [3.8, 4) is 0 Å². The van der Waals surface area contributed by atoms with Crippen LogP contribution in [0.3, 0.4) is 0 Å². The summed E-state index contributed by atoms with van der Waals surface area (Å²) in [5, 5.41) is 2.90. The van der Waals surface area contributed by atoms with Crippen molar-refractivity contribution in [3.63, 3.8) is 0 Å². The Bertz CT molecular complexity index is 635. The summed E-state index contributed by atoms with van der Waals surface area (Å²) in [5.74, 6) is -0.486. The second-order valence-electron chi connectivity index (χ2n) is 3.72. The van der Waals surface area contributed by atoms with Crippen LogP contribution in [-0.2, 0) is 0 Å². The van der Waals surface area contributed by atoms with Gasteiger partial charge < -0.3 is 10.3 Å². The van der Waals surface area contributed by atoms with Crippen molar-refractivity contribution in [2.75, 3.05) is 5.32 Å². The van der Waals surface area contributed by atoms with Gasteiger partial charge in [-0.25, -0.2) is 4.98 Å².